The quantitative estimate of drug-likeness (QED) is 0.653. The molecule has 6 heteroatoms. The molecule has 0 radical (unpaired) electrons. The molecule has 0 spiro atoms. The molecule has 1 unspecified atom stereocenters. The van der Waals surface area contributed by atoms with Gasteiger partial charge in [0.15, 0.2) is 0 Å². The van der Waals surface area contributed by atoms with E-state index in [0.717, 1.165) is 10.9 Å². The number of fused-ring (bicyclic) bond motifs is 1. The summed E-state index contributed by atoms with van der Waals surface area (Å²) in [6, 6.07) is 17.1. The average Bonchev–Trinajstić information content (AvgIpc) is 2.74. The van der Waals surface area contributed by atoms with Gasteiger partial charge < -0.3 is 10.1 Å². The fourth-order valence-electron chi connectivity index (χ4n) is 3.32. The zero-order valence-electron chi connectivity index (χ0n) is 16.2. The lowest BCUT2D eigenvalue weighted by Gasteiger charge is -2.16. The fraction of sp³-hybridized carbons (Fsp3) is 0.318. The SMILES string of the molecule is CCC(C(=O)NCc1nn(CCOC)c(=O)c2ccccc12)c1ccccc1. The Morgan fingerprint density at radius 3 is 2.46 bits per heavy atom. The lowest BCUT2D eigenvalue weighted by molar-refractivity contribution is -0.122. The molecule has 0 aliphatic carbocycles. The van der Waals surface area contributed by atoms with Gasteiger partial charge in [0.2, 0.25) is 5.91 Å². The van der Waals surface area contributed by atoms with Crippen LogP contribution in [-0.4, -0.2) is 29.4 Å². The van der Waals surface area contributed by atoms with Crippen molar-refractivity contribution in [3.8, 4) is 0 Å². The number of nitrogens with zero attached hydrogens (tertiary/aromatic N) is 2. The Hall–Kier alpha value is -2.99. The molecule has 0 bridgehead atoms. The largest absolute Gasteiger partial charge is 0.383 e. The highest BCUT2D eigenvalue weighted by Gasteiger charge is 2.19. The Labute approximate surface area is 164 Å². The van der Waals surface area contributed by atoms with Gasteiger partial charge >= 0.3 is 0 Å². The summed E-state index contributed by atoms with van der Waals surface area (Å²) in [7, 11) is 1.59. The molecule has 146 valence electrons. The van der Waals surface area contributed by atoms with E-state index in [9.17, 15) is 9.59 Å². The van der Waals surface area contributed by atoms with E-state index in [1.54, 1.807) is 13.2 Å². The van der Waals surface area contributed by atoms with Crippen LogP contribution in [0, 0.1) is 0 Å². The van der Waals surface area contributed by atoms with E-state index >= 15 is 0 Å². The lowest BCUT2D eigenvalue weighted by atomic mass is 9.95. The van der Waals surface area contributed by atoms with Crippen molar-refractivity contribution < 1.29 is 9.53 Å². The molecule has 0 saturated heterocycles. The zero-order chi connectivity index (χ0) is 19.9. The average molecular weight is 379 g/mol. The predicted octanol–water partition coefficient (Wildman–Crippen LogP) is 2.85. The normalized spacial score (nSPS) is 12.1. The molecule has 28 heavy (non-hydrogen) atoms. The van der Waals surface area contributed by atoms with Crippen LogP contribution in [-0.2, 0) is 22.6 Å². The highest BCUT2D eigenvalue weighted by Crippen LogP contribution is 2.20. The summed E-state index contributed by atoms with van der Waals surface area (Å²) in [4.78, 5) is 25.4. The van der Waals surface area contributed by atoms with Crippen molar-refractivity contribution >= 4 is 16.7 Å². The Morgan fingerprint density at radius 2 is 1.79 bits per heavy atom. The second kappa shape index (κ2) is 9.28. The maximum atomic E-state index is 12.8. The van der Waals surface area contributed by atoms with Crippen LogP contribution in [0.2, 0.25) is 0 Å². The number of carbonyl (C=O) groups is 1. The Bertz CT molecular complexity index is 999. The number of benzene rings is 2. The van der Waals surface area contributed by atoms with E-state index in [1.807, 2.05) is 55.5 Å². The second-order valence-electron chi connectivity index (χ2n) is 6.60. The molecular formula is C22H25N3O3. The molecule has 6 nitrogen and oxygen atoms in total. The summed E-state index contributed by atoms with van der Waals surface area (Å²) in [6.45, 7) is 3.01. The third kappa shape index (κ3) is 4.28. The Balaban J connectivity index is 1.86. The van der Waals surface area contributed by atoms with Crippen molar-refractivity contribution in [2.45, 2.75) is 32.4 Å². The molecule has 0 aliphatic rings. The Kier molecular flexibility index (Phi) is 6.55. The van der Waals surface area contributed by atoms with E-state index in [2.05, 4.69) is 10.4 Å². The third-order valence-electron chi connectivity index (χ3n) is 4.81. The number of ether oxygens (including phenoxy) is 1. The molecule has 1 aromatic heterocycles. The summed E-state index contributed by atoms with van der Waals surface area (Å²) >= 11 is 0. The first-order valence-electron chi connectivity index (χ1n) is 9.46. The van der Waals surface area contributed by atoms with Gasteiger partial charge in [-0.1, -0.05) is 55.5 Å². The first kappa shape index (κ1) is 19.8. The van der Waals surface area contributed by atoms with Crippen LogP contribution in [0.5, 0.6) is 0 Å². The Morgan fingerprint density at radius 1 is 1.11 bits per heavy atom. The fourth-order valence-corrected chi connectivity index (χ4v) is 3.32. The molecule has 1 N–H and O–H groups in total. The minimum atomic E-state index is -0.216. The number of aromatic nitrogens is 2. The molecule has 3 rings (SSSR count). The van der Waals surface area contributed by atoms with E-state index in [-0.39, 0.29) is 23.9 Å². The summed E-state index contributed by atoms with van der Waals surface area (Å²) in [5, 5.41) is 8.82. The summed E-state index contributed by atoms with van der Waals surface area (Å²) < 4.78 is 6.48. The summed E-state index contributed by atoms with van der Waals surface area (Å²) in [6.07, 6.45) is 0.706. The first-order chi connectivity index (χ1) is 13.7. The molecular weight excluding hydrogens is 354 g/mol. The van der Waals surface area contributed by atoms with Gasteiger partial charge in [-0.25, -0.2) is 4.68 Å². The standard InChI is InChI=1S/C22H25N3O3/c1-3-17(16-9-5-4-6-10-16)21(26)23-15-20-18-11-7-8-12-19(18)22(27)25(24-20)13-14-28-2/h4-12,17H,3,13-15H2,1-2H3,(H,23,26). The van der Waals surface area contributed by atoms with Gasteiger partial charge in [0, 0.05) is 12.5 Å². The van der Waals surface area contributed by atoms with E-state index in [4.69, 9.17) is 4.74 Å². The van der Waals surface area contributed by atoms with Crippen LogP contribution in [0.25, 0.3) is 10.8 Å². The minimum Gasteiger partial charge on any atom is -0.383 e. The van der Waals surface area contributed by atoms with Crippen LogP contribution < -0.4 is 10.9 Å². The van der Waals surface area contributed by atoms with Crippen LogP contribution in [0.15, 0.2) is 59.4 Å². The monoisotopic (exact) mass is 379 g/mol. The number of carbonyl (C=O) groups excluding carboxylic acids is 1. The topological polar surface area (TPSA) is 73.2 Å². The second-order valence-corrected chi connectivity index (χ2v) is 6.60. The molecule has 2 aromatic carbocycles. The molecule has 1 heterocycles. The van der Waals surface area contributed by atoms with Crippen LogP contribution >= 0.6 is 0 Å². The van der Waals surface area contributed by atoms with Crippen LogP contribution in [0.1, 0.15) is 30.5 Å². The van der Waals surface area contributed by atoms with Crippen molar-refractivity contribution in [1.82, 2.24) is 15.1 Å². The van der Waals surface area contributed by atoms with Gasteiger partial charge in [-0.15, -0.1) is 0 Å². The number of rotatable bonds is 8. The highest BCUT2D eigenvalue weighted by molar-refractivity contribution is 5.86. The number of amides is 1. The van der Waals surface area contributed by atoms with E-state index in [0.29, 0.717) is 30.7 Å². The molecule has 0 aliphatic heterocycles. The van der Waals surface area contributed by atoms with Crippen LogP contribution in [0.3, 0.4) is 0 Å². The molecule has 0 saturated carbocycles. The van der Waals surface area contributed by atoms with Crippen LogP contribution in [0.4, 0.5) is 0 Å². The van der Waals surface area contributed by atoms with Gasteiger partial charge in [-0.2, -0.15) is 5.10 Å². The van der Waals surface area contributed by atoms with Gasteiger partial charge in [-0.3, -0.25) is 9.59 Å². The van der Waals surface area contributed by atoms with Crippen molar-refractivity contribution in [3.05, 3.63) is 76.2 Å². The zero-order valence-corrected chi connectivity index (χ0v) is 16.2. The number of hydrogen-bond donors (Lipinski definition) is 1. The number of nitrogens with one attached hydrogen (secondary N) is 1. The number of methoxy groups -OCH3 is 1. The van der Waals surface area contributed by atoms with Crippen molar-refractivity contribution in [3.63, 3.8) is 0 Å². The molecule has 0 fully saturated rings. The molecule has 1 amide bonds. The van der Waals surface area contributed by atoms with Crippen molar-refractivity contribution in [2.24, 2.45) is 0 Å². The van der Waals surface area contributed by atoms with E-state index < -0.39 is 0 Å². The molecule has 1 atom stereocenters. The van der Waals surface area contributed by atoms with Gasteiger partial charge in [0.25, 0.3) is 5.56 Å². The first-order valence-corrected chi connectivity index (χ1v) is 9.46. The lowest BCUT2D eigenvalue weighted by Crippen LogP contribution is -2.31. The third-order valence-corrected chi connectivity index (χ3v) is 4.81. The minimum absolute atomic E-state index is 0.0470. The van der Waals surface area contributed by atoms with Crippen molar-refractivity contribution in [2.75, 3.05) is 13.7 Å². The predicted molar refractivity (Wildman–Crippen MR) is 109 cm³/mol. The smallest absolute Gasteiger partial charge is 0.274 e. The summed E-state index contributed by atoms with van der Waals surface area (Å²) in [5.74, 6) is -0.263. The van der Waals surface area contributed by atoms with E-state index in [1.165, 1.54) is 4.68 Å². The maximum Gasteiger partial charge on any atom is 0.274 e. The highest BCUT2D eigenvalue weighted by atomic mass is 16.5. The molecule has 3 aromatic rings. The van der Waals surface area contributed by atoms with Crippen molar-refractivity contribution in [1.29, 1.82) is 0 Å². The maximum absolute atomic E-state index is 12.8. The van der Waals surface area contributed by atoms with Gasteiger partial charge in [0.1, 0.15) is 0 Å². The summed E-state index contributed by atoms with van der Waals surface area (Å²) in [5.41, 5.74) is 1.51. The number of hydrogen-bond acceptors (Lipinski definition) is 4. The van der Waals surface area contributed by atoms with Gasteiger partial charge in [0.05, 0.1) is 36.7 Å². The van der Waals surface area contributed by atoms with Gasteiger partial charge in [-0.05, 0) is 18.1 Å².